The lowest BCUT2D eigenvalue weighted by Gasteiger charge is -2.55. The van der Waals surface area contributed by atoms with Gasteiger partial charge in [-0.05, 0) is 52.9 Å². The maximum Gasteiger partial charge on any atom is 0.311 e. The predicted molar refractivity (Wildman–Crippen MR) is 153 cm³/mol. The zero-order chi connectivity index (χ0) is 26.7. The van der Waals surface area contributed by atoms with Crippen molar-refractivity contribution in [3.05, 3.63) is 95.1 Å². The Bertz CT molecular complexity index is 1330. The van der Waals surface area contributed by atoms with Gasteiger partial charge in [-0.3, -0.25) is 14.4 Å². The molecule has 4 aliphatic rings. The van der Waals surface area contributed by atoms with E-state index in [1.807, 2.05) is 48.5 Å². The van der Waals surface area contributed by atoms with Gasteiger partial charge in [-0.1, -0.05) is 107 Å². The molecule has 3 aromatic carbocycles. The van der Waals surface area contributed by atoms with Crippen LogP contribution in [0.5, 0.6) is 5.75 Å². The number of nitrogens with zero attached hydrogens (tertiary/aromatic N) is 1. The largest absolute Gasteiger partial charge is 0.427 e. The smallest absolute Gasteiger partial charge is 0.311 e. The summed E-state index contributed by atoms with van der Waals surface area (Å²) in [5.41, 5.74) is 4.47. The van der Waals surface area contributed by atoms with Crippen LogP contribution in [0.2, 0.25) is 0 Å². The second-order valence-corrected chi connectivity index (χ2v) is 12.8. The summed E-state index contributed by atoms with van der Waals surface area (Å²) in [6.07, 6.45) is 4.39. The number of imide groups is 1. The van der Waals surface area contributed by atoms with Gasteiger partial charge in [-0.15, -0.1) is 0 Å². The number of esters is 1. The minimum absolute atomic E-state index is 0.245. The van der Waals surface area contributed by atoms with Crippen molar-refractivity contribution in [2.45, 2.75) is 47.7 Å². The average molecular weight is 637 g/mol. The molecule has 7 rings (SSSR count). The zero-order valence-corrected chi connectivity index (χ0v) is 24.1. The topological polar surface area (TPSA) is 63.7 Å². The minimum Gasteiger partial charge on any atom is -0.427 e. The van der Waals surface area contributed by atoms with E-state index in [4.69, 9.17) is 4.74 Å². The number of halogens is 2. The van der Waals surface area contributed by atoms with E-state index >= 15 is 0 Å². The number of hydrogen-bond donors (Lipinski definition) is 0. The lowest BCUT2D eigenvalue weighted by molar-refractivity contribution is -0.134. The fraction of sp³-hybridized carbons (Fsp3) is 0.323. The van der Waals surface area contributed by atoms with Crippen LogP contribution in [0, 0.1) is 11.8 Å². The predicted octanol–water partition coefficient (Wildman–Crippen LogP) is 6.97. The van der Waals surface area contributed by atoms with Gasteiger partial charge < -0.3 is 4.74 Å². The van der Waals surface area contributed by atoms with E-state index < -0.39 is 20.5 Å². The number of alkyl halides is 2. The Hall–Kier alpha value is -2.77. The highest BCUT2D eigenvalue weighted by Gasteiger charge is 2.72. The highest BCUT2D eigenvalue weighted by atomic mass is 79.9. The Morgan fingerprint density at radius 2 is 1.24 bits per heavy atom. The van der Waals surface area contributed by atoms with Gasteiger partial charge in [-0.2, -0.15) is 0 Å². The van der Waals surface area contributed by atoms with Crippen molar-refractivity contribution in [1.29, 1.82) is 0 Å². The van der Waals surface area contributed by atoms with Crippen LogP contribution >= 0.6 is 31.9 Å². The van der Waals surface area contributed by atoms with E-state index in [1.165, 1.54) is 4.90 Å². The van der Waals surface area contributed by atoms with E-state index in [1.54, 1.807) is 24.3 Å². The van der Waals surface area contributed by atoms with E-state index in [-0.39, 0.29) is 17.8 Å². The number of hydrogen-bond acceptors (Lipinski definition) is 4. The molecule has 38 heavy (non-hydrogen) atoms. The van der Waals surface area contributed by atoms with Crippen LogP contribution < -0.4 is 9.64 Å². The zero-order valence-electron chi connectivity index (χ0n) is 21.0. The molecule has 0 saturated carbocycles. The molecule has 0 N–H and O–H groups in total. The summed E-state index contributed by atoms with van der Waals surface area (Å²) >= 11 is 8.04. The molecule has 194 valence electrons. The van der Waals surface area contributed by atoms with Gasteiger partial charge in [-0.25, -0.2) is 4.90 Å². The molecule has 1 aliphatic heterocycles. The molecule has 2 atom stereocenters. The summed E-state index contributed by atoms with van der Waals surface area (Å²) in [4.78, 5) is 41.7. The molecule has 3 aliphatic carbocycles. The summed E-state index contributed by atoms with van der Waals surface area (Å²) in [7, 11) is 0. The number of ether oxygens (including phenoxy) is 1. The van der Waals surface area contributed by atoms with Crippen molar-refractivity contribution >= 4 is 55.3 Å². The van der Waals surface area contributed by atoms with Crippen molar-refractivity contribution < 1.29 is 19.1 Å². The Labute approximate surface area is 238 Å². The van der Waals surface area contributed by atoms with Gasteiger partial charge in [0.25, 0.3) is 0 Å². The number of carbonyl (C=O) groups is 3. The molecular formula is C31H27Br2NO4. The second-order valence-electron chi connectivity index (χ2n) is 10.3. The fourth-order valence-electron chi connectivity index (χ4n) is 6.46. The van der Waals surface area contributed by atoms with Gasteiger partial charge in [0, 0.05) is 6.42 Å². The maximum absolute atomic E-state index is 14.1. The first-order chi connectivity index (χ1) is 18.3. The quantitative estimate of drug-likeness (QED) is 0.0924. The molecule has 0 aromatic heterocycles. The Balaban J connectivity index is 1.33. The highest BCUT2D eigenvalue weighted by molar-refractivity contribution is 9.10. The second kappa shape index (κ2) is 9.45. The average Bonchev–Trinajstić information content (AvgIpc) is 3.21. The third-order valence-corrected chi connectivity index (χ3v) is 10.8. The van der Waals surface area contributed by atoms with Crippen LogP contribution in [0.3, 0.4) is 0 Å². The van der Waals surface area contributed by atoms with Gasteiger partial charge >= 0.3 is 5.97 Å². The number of anilines is 1. The Morgan fingerprint density at radius 1 is 0.763 bits per heavy atom. The summed E-state index contributed by atoms with van der Waals surface area (Å²) < 4.78 is 3.83. The summed E-state index contributed by atoms with van der Waals surface area (Å²) in [6.45, 7) is 2.13. The van der Waals surface area contributed by atoms with Crippen LogP contribution in [0.15, 0.2) is 72.8 Å². The van der Waals surface area contributed by atoms with Crippen molar-refractivity contribution in [3.63, 3.8) is 0 Å². The molecule has 2 bridgehead atoms. The third kappa shape index (κ3) is 3.51. The minimum atomic E-state index is -0.824. The van der Waals surface area contributed by atoms with E-state index in [9.17, 15) is 14.4 Å². The van der Waals surface area contributed by atoms with Crippen LogP contribution in [0.25, 0.3) is 0 Å². The van der Waals surface area contributed by atoms with Gasteiger partial charge in [0.15, 0.2) is 0 Å². The van der Waals surface area contributed by atoms with Gasteiger partial charge in [0.1, 0.15) is 5.75 Å². The number of unbranched alkanes of at least 4 members (excludes halogenated alkanes) is 3. The van der Waals surface area contributed by atoms with Crippen molar-refractivity contribution in [2.24, 2.45) is 11.8 Å². The number of amides is 2. The van der Waals surface area contributed by atoms with Crippen molar-refractivity contribution in [1.82, 2.24) is 0 Å². The van der Waals surface area contributed by atoms with Crippen molar-refractivity contribution in [2.75, 3.05) is 4.90 Å². The summed E-state index contributed by atoms with van der Waals surface area (Å²) in [5, 5.41) is 0. The maximum atomic E-state index is 14.1. The first kappa shape index (κ1) is 25.5. The van der Waals surface area contributed by atoms with E-state index in [2.05, 4.69) is 38.8 Å². The summed E-state index contributed by atoms with van der Waals surface area (Å²) in [5.74, 6) is -1.61. The highest BCUT2D eigenvalue weighted by Crippen LogP contribution is 2.70. The molecule has 1 heterocycles. The molecule has 0 spiro atoms. The number of benzene rings is 3. The normalized spacial score (nSPS) is 26.7. The molecule has 0 radical (unpaired) electrons. The Kier molecular flexibility index (Phi) is 6.35. The Morgan fingerprint density at radius 3 is 1.68 bits per heavy atom. The standard InChI is InChI=1S/C31H27Br2NO4/c1-2-3-4-5-14-25(35)38-20-17-15-19(16-18-20)34-28(36)26-27(29(34)37)31(33)22-11-7-6-10-21(22)30(26,32)23-12-8-9-13-24(23)31/h6-13,15-18,26-27H,2-5,14H2,1H3/t26-,27-,30?,31?/m0/s1. The van der Waals surface area contributed by atoms with Crippen LogP contribution in [0.4, 0.5) is 5.69 Å². The summed E-state index contributed by atoms with van der Waals surface area (Å²) in [6, 6.07) is 22.7. The number of rotatable bonds is 7. The van der Waals surface area contributed by atoms with Gasteiger partial charge in [0.05, 0.1) is 26.2 Å². The molecular weight excluding hydrogens is 610 g/mol. The first-order valence-corrected chi connectivity index (χ1v) is 14.7. The van der Waals surface area contributed by atoms with Crippen LogP contribution in [-0.2, 0) is 23.0 Å². The lowest BCUT2D eigenvalue weighted by Crippen LogP contribution is -2.56. The SMILES string of the molecule is CCCCCCC(=O)Oc1ccc(N2C(=O)[C@@H]3[C@@H](C2=O)C2(Br)c4ccccc4C3(Br)c3ccccc32)cc1. The lowest BCUT2D eigenvalue weighted by atomic mass is 9.54. The molecule has 0 unspecified atom stereocenters. The third-order valence-electron chi connectivity index (χ3n) is 8.15. The molecule has 1 fully saturated rings. The molecule has 2 amide bonds. The van der Waals surface area contributed by atoms with E-state index in [0.717, 1.165) is 47.9 Å². The molecule has 1 saturated heterocycles. The molecule has 3 aromatic rings. The molecule has 5 nitrogen and oxygen atoms in total. The van der Waals surface area contributed by atoms with Crippen LogP contribution in [-0.4, -0.2) is 17.8 Å². The van der Waals surface area contributed by atoms with E-state index in [0.29, 0.717) is 17.9 Å². The van der Waals surface area contributed by atoms with Crippen molar-refractivity contribution in [3.8, 4) is 5.75 Å². The van der Waals surface area contributed by atoms with Crippen LogP contribution in [0.1, 0.15) is 61.3 Å². The molecule has 7 heteroatoms. The first-order valence-electron chi connectivity index (χ1n) is 13.1. The van der Waals surface area contributed by atoms with Gasteiger partial charge in [0.2, 0.25) is 11.8 Å². The fourth-order valence-corrected chi connectivity index (χ4v) is 8.77. The monoisotopic (exact) mass is 635 g/mol. The number of carbonyl (C=O) groups excluding carboxylic acids is 3.